The molecule has 6 aromatic rings. The number of alkyl carbamates (subject to hydrolysis) is 1. The number of aromatic carboxylic acids is 1. The topological polar surface area (TPSA) is 421 Å². The van der Waals surface area contributed by atoms with E-state index >= 15 is 0 Å². The lowest BCUT2D eigenvalue weighted by atomic mass is 9.81. The van der Waals surface area contributed by atoms with E-state index in [0.29, 0.717) is 28.2 Å². The molecule has 7 atom stereocenters. The highest BCUT2D eigenvalue weighted by atomic mass is 31.3. The molecule has 89 heavy (non-hydrogen) atoms. The van der Waals surface area contributed by atoms with Crippen LogP contribution < -0.4 is 60.9 Å². The normalized spacial score (nSPS) is 20.4. The third-order valence-electron chi connectivity index (χ3n) is 16.4. The number of nitrogens with one attached hydrogen (secondary N) is 2. The molecule has 8 heterocycles. The van der Waals surface area contributed by atoms with Gasteiger partial charge in [-0.05, 0) is 92.5 Å². The van der Waals surface area contributed by atoms with Gasteiger partial charge in [-0.2, -0.15) is 0 Å². The largest absolute Gasteiger partial charge is 0.756 e. The van der Waals surface area contributed by atoms with Crippen LogP contribution in [0.15, 0.2) is 61.1 Å². The number of carbonyl (C=O) groups excluding carboxylic acids is 3. The highest BCUT2D eigenvalue weighted by Crippen LogP contribution is 2.61. The molecule has 5 unspecified atom stereocenters. The highest BCUT2D eigenvalue weighted by molar-refractivity contribution is 7.65. The molecular formula is C57H55N9O20P3-3. The number of hydrogen-bond acceptors (Lipinski definition) is 23. The molecule has 6 aliphatic heterocycles. The van der Waals surface area contributed by atoms with Gasteiger partial charge >= 0.3 is 6.09 Å². The lowest BCUT2D eigenvalue weighted by Gasteiger charge is -2.39. The number of benzene rings is 4. The predicted octanol–water partition coefficient (Wildman–Crippen LogP) is 1.59. The fraction of sp³-hybridized carbons (Fsp3) is 0.368. The van der Waals surface area contributed by atoms with Gasteiger partial charge in [0.1, 0.15) is 60.8 Å². The number of ether oxygens (including phenoxy) is 3. The van der Waals surface area contributed by atoms with Gasteiger partial charge in [-0.25, -0.2) is 28.0 Å². The molecule has 0 saturated carbocycles. The van der Waals surface area contributed by atoms with E-state index < -0.39 is 77.5 Å². The van der Waals surface area contributed by atoms with E-state index in [2.05, 4.69) is 67.2 Å². The molecule has 12 rings (SSSR count). The molecule has 0 bridgehead atoms. The number of carbonyl (C=O) groups is 3. The molecule has 29 nitrogen and oxygen atoms in total. The van der Waals surface area contributed by atoms with Crippen molar-refractivity contribution in [3.8, 4) is 23.3 Å². The first-order chi connectivity index (χ1) is 42.4. The van der Waals surface area contributed by atoms with Crippen LogP contribution in [0.4, 0.5) is 22.0 Å². The minimum Gasteiger partial charge on any atom is -0.756 e. The van der Waals surface area contributed by atoms with Crippen LogP contribution in [0.1, 0.15) is 122 Å². The number of nitrogens with two attached hydrogens (primary N) is 1. The fourth-order valence-corrected chi connectivity index (χ4v) is 15.7. The van der Waals surface area contributed by atoms with Crippen LogP contribution >= 0.6 is 23.5 Å². The molecule has 0 spiro atoms. The number of anilines is 2. The van der Waals surface area contributed by atoms with Gasteiger partial charge in [-0.1, -0.05) is 24.0 Å². The summed E-state index contributed by atoms with van der Waals surface area (Å²) < 4.78 is 68.2. The first-order valence-corrected chi connectivity index (χ1v) is 32.8. The number of carboxylic acids is 1. The summed E-state index contributed by atoms with van der Waals surface area (Å²) in [6.45, 7) is 3.65. The van der Waals surface area contributed by atoms with E-state index in [-0.39, 0.29) is 64.3 Å². The monoisotopic (exact) mass is 1280 g/mol. The van der Waals surface area contributed by atoms with Gasteiger partial charge in [0.25, 0.3) is 35.1 Å². The SMILES string of the molecule is CC(OC(=O)NCC#Cc1cn([C@H]2CC(O)[C@@H](COP(=O)([O-])OP(=O)([O-])OP(=O)([O-])O)O2)c2ncnc(N)c12)c1cc(CNC(=O)c2ccc(C(=O)[O-])c(C3=c4cc5c6c(c4Oc4c3cc3c7c4CCCN7CCC3)CCC[N+]=6CCC5)c2)ccc1[N+](=O)[O-]. The second kappa shape index (κ2) is 24.1. The zero-order valence-corrected chi connectivity index (χ0v) is 49.9. The van der Waals surface area contributed by atoms with Crippen LogP contribution in [0, 0.1) is 22.0 Å². The van der Waals surface area contributed by atoms with E-state index in [1.807, 2.05) is 0 Å². The van der Waals surface area contributed by atoms with Crippen molar-refractivity contribution in [2.75, 3.05) is 50.0 Å². The zero-order chi connectivity index (χ0) is 62.8. The number of phosphoric acid groups is 3. The first kappa shape index (κ1) is 61.3. The summed E-state index contributed by atoms with van der Waals surface area (Å²) in [5, 5.41) is 43.7. The second-order valence-electron chi connectivity index (χ2n) is 22.1. The molecule has 6 aliphatic rings. The number of amides is 2. The number of phosphoric ester groups is 1. The Kier molecular flexibility index (Phi) is 16.6. The summed E-state index contributed by atoms with van der Waals surface area (Å²) in [6.07, 6.45) is 3.18. The number of nitrogen functional groups attached to an aromatic ring is 1. The molecule has 2 aromatic heterocycles. The molecule has 0 radical (unpaired) electrons. The van der Waals surface area contributed by atoms with Gasteiger partial charge in [0.05, 0.1) is 52.2 Å². The molecular weight excluding hydrogens is 1220 g/mol. The second-order valence-corrected chi connectivity index (χ2v) is 26.4. The molecule has 0 aliphatic carbocycles. The summed E-state index contributed by atoms with van der Waals surface area (Å²) in [4.78, 5) is 106. The van der Waals surface area contributed by atoms with Crippen LogP contribution in [0.3, 0.4) is 0 Å². The van der Waals surface area contributed by atoms with Crippen molar-refractivity contribution in [3.63, 3.8) is 0 Å². The molecule has 1 fully saturated rings. The number of aromatic nitrogens is 3. The summed E-state index contributed by atoms with van der Waals surface area (Å²) in [5.74, 6) is 4.96. The average Bonchev–Trinajstić information content (AvgIpc) is 1.31. The summed E-state index contributed by atoms with van der Waals surface area (Å²) in [7, 11) is -18.0. The van der Waals surface area contributed by atoms with Crippen molar-refractivity contribution in [2.45, 2.75) is 95.8 Å². The van der Waals surface area contributed by atoms with E-state index in [4.69, 9.17) is 24.8 Å². The molecule has 32 heteroatoms. The number of aryl methyl sites for hydroxylation is 2. The van der Waals surface area contributed by atoms with Crippen LogP contribution in [-0.4, -0.2) is 99.0 Å². The Labute approximate surface area is 505 Å². The van der Waals surface area contributed by atoms with E-state index in [1.54, 1.807) is 6.07 Å². The predicted molar refractivity (Wildman–Crippen MR) is 305 cm³/mol. The van der Waals surface area contributed by atoms with Crippen LogP contribution in [0.25, 0.3) is 16.6 Å². The number of carboxylic acid groups (broad SMARTS) is 1. The standard InChI is InChI=1S/C57H58N9O20P3/c1-30(82-57(71)59-16-2-7-35-27-65(54-47(35)53(58)61-29-62-54)46-25-44(67)45(83-46)28-81-88(77,78)86-89(79,80)85-87(74,75)76)39-21-31(12-15-43(39)66(72)73)26-60-55(68)34-13-14-36(56(69)70)40(24-34)48-41-22-32-8-3-17-63-19-5-10-37(49(32)63)51(41)84-52-38-11-6-20-64-18-4-9-33(50(38)64)23-42(48)52/h12-15,21-24,27,29-30,44-46,67H,3-6,8-11,16-20,25-26,28H2,1H3,(H8-,58,59,60,61,62,68,69,70,71,74,75,76,77,78,79,80)/p-3/t30?,44?,45-,46-/m1/s1. The number of nitro benzene ring substituents is 1. The Bertz CT molecular complexity index is 4350. The molecule has 6 N–H and O–H groups in total. The van der Waals surface area contributed by atoms with E-state index in [0.717, 1.165) is 106 Å². The molecule has 1 saturated heterocycles. The summed E-state index contributed by atoms with van der Waals surface area (Å²) >= 11 is 0. The number of hydrogen-bond donors (Lipinski definition) is 5. The molecule has 4 aromatic carbocycles. The number of rotatable bonds is 17. The van der Waals surface area contributed by atoms with Crippen molar-refractivity contribution in [1.29, 1.82) is 0 Å². The summed E-state index contributed by atoms with van der Waals surface area (Å²) in [5.41, 5.74) is 14.1. The van der Waals surface area contributed by atoms with Gasteiger partial charge in [0.2, 0.25) is 5.36 Å². The Morgan fingerprint density at radius 1 is 0.921 bits per heavy atom. The van der Waals surface area contributed by atoms with Crippen molar-refractivity contribution in [1.82, 2.24) is 29.7 Å². The van der Waals surface area contributed by atoms with Gasteiger partial charge in [-0.15, -0.1) is 0 Å². The first-order valence-electron chi connectivity index (χ1n) is 28.4. The van der Waals surface area contributed by atoms with Crippen molar-refractivity contribution in [3.05, 3.63) is 143 Å². The van der Waals surface area contributed by atoms with Crippen LogP contribution in [0.2, 0.25) is 0 Å². The third-order valence-corrected chi connectivity index (χ3v) is 20.1. The number of aliphatic hydroxyl groups excluding tert-OH is 1. The van der Waals surface area contributed by atoms with Crippen molar-refractivity contribution in [2.24, 2.45) is 0 Å². The third kappa shape index (κ3) is 12.4. The van der Waals surface area contributed by atoms with E-state index in [1.165, 1.54) is 70.2 Å². The lowest BCUT2D eigenvalue weighted by molar-refractivity contribution is -0.386. The zero-order valence-electron chi connectivity index (χ0n) is 47.2. The van der Waals surface area contributed by atoms with Crippen molar-refractivity contribution < 1.29 is 90.1 Å². The smallest absolute Gasteiger partial charge is 0.408 e. The quantitative estimate of drug-likeness (QED) is 0.0284. The molecule has 466 valence electrons. The van der Waals surface area contributed by atoms with E-state index in [9.17, 15) is 63.1 Å². The Morgan fingerprint density at radius 3 is 2.44 bits per heavy atom. The van der Waals surface area contributed by atoms with Gasteiger partial charge < -0.3 is 79.1 Å². The van der Waals surface area contributed by atoms with Crippen molar-refractivity contribution >= 4 is 75.2 Å². The van der Waals surface area contributed by atoms with Crippen LogP contribution in [-0.2, 0) is 68.5 Å². The Morgan fingerprint density at radius 2 is 1.67 bits per heavy atom. The highest BCUT2D eigenvalue weighted by Gasteiger charge is 2.40. The number of nitrogens with zero attached hydrogens (tertiary/aromatic N) is 6. The average molecular weight is 1280 g/mol. The van der Waals surface area contributed by atoms with Gasteiger partial charge in [0, 0.05) is 95.5 Å². The maximum atomic E-state index is 14.3. The number of fused-ring (bicyclic) bond motifs is 5. The Balaban J connectivity index is 0.743. The maximum absolute atomic E-state index is 14.3. The molecule has 2 amide bonds. The minimum absolute atomic E-state index is 0.00366. The van der Waals surface area contributed by atoms with Gasteiger partial charge in [-0.3, -0.25) is 28.6 Å². The summed E-state index contributed by atoms with van der Waals surface area (Å²) in [6, 6.07) is 12.8. The van der Waals surface area contributed by atoms with Crippen LogP contribution in [0.5, 0.6) is 11.5 Å². The maximum Gasteiger partial charge on any atom is 0.408 e. The fourth-order valence-electron chi connectivity index (χ4n) is 12.8. The minimum atomic E-state index is -6.18. The number of nitro groups is 1. The number of aliphatic hydroxyl groups is 1. The van der Waals surface area contributed by atoms with Gasteiger partial charge in [0.15, 0.2) is 0 Å². The lowest BCUT2D eigenvalue weighted by Crippen LogP contribution is -2.45. The Hall–Kier alpha value is -7.93.